The fraction of sp³-hybridized carbons (Fsp3) is 0.562. The van der Waals surface area contributed by atoms with Crippen molar-refractivity contribution in [2.75, 3.05) is 13.7 Å². The highest BCUT2D eigenvalue weighted by molar-refractivity contribution is 7.88. The number of hydrogen-bond donors (Lipinski definition) is 2. The summed E-state index contributed by atoms with van der Waals surface area (Å²) in [5.74, 6) is -0.603. The molecule has 2 rings (SSSR count). The summed E-state index contributed by atoms with van der Waals surface area (Å²) in [6.45, 7) is 0.478. The molecule has 1 aromatic carbocycles. The third-order valence-corrected chi connectivity index (χ3v) is 5.66. The molecular formula is C16H25ClN2O4S. The van der Waals surface area contributed by atoms with E-state index in [1.54, 1.807) is 24.3 Å². The lowest BCUT2D eigenvalue weighted by Gasteiger charge is -2.31. The molecule has 136 valence electrons. The Balaban J connectivity index is 0.00000288. The van der Waals surface area contributed by atoms with E-state index >= 15 is 0 Å². The van der Waals surface area contributed by atoms with Gasteiger partial charge in [-0.15, -0.1) is 12.4 Å². The minimum atomic E-state index is -3.55. The van der Waals surface area contributed by atoms with Gasteiger partial charge in [-0.2, -0.15) is 0 Å². The highest BCUT2D eigenvalue weighted by Gasteiger charge is 2.28. The van der Waals surface area contributed by atoms with Crippen molar-refractivity contribution in [2.24, 2.45) is 11.7 Å². The number of hydrogen-bond acceptors (Lipinski definition) is 5. The van der Waals surface area contributed by atoms with Crippen molar-refractivity contribution in [1.29, 1.82) is 0 Å². The number of benzene rings is 1. The van der Waals surface area contributed by atoms with Crippen molar-refractivity contribution < 1.29 is 17.9 Å². The second-order valence-corrected chi connectivity index (χ2v) is 7.67. The van der Waals surface area contributed by atoms with E-state index in [1.807, 2.05) is 0 Å². The summed E-state index contributed by atoms with van der Waals surface area (Å²) >= 11 is 0. The Morgan fingerprint density at radius 1 is 1.29 bits per heavy atom. The van der Waals surface area contributed by atoms with E-state index in [1.165, 1.54) is 7.11 Å². The standard InChI is InChI=1S/C16H24N2O4S.ClH/c1-22-16(19)14-8-4-2-7-13(14)11-23(20,21)18-15-9-5-3-6-12(15)10-17;/h2,4,7-8,12,15,18H,3,5-6,9-11,17H2,1H3;1H. The molecule has 1 aliphatic rings. The first-order chi connectivity index (χ1) is 11.0. The predicted molar refractivity (Wildman–Crippen MR) is 95.6 cm³/mol. The maximum absolute atomic E-state index is 12.5. The number of carbonyl (C=O) groups excluding carboxylic acids is 1. The van der Waals surface area contributed by atoms with E-state index in [4.69, 9.17) is 10.5 Å². The van der Waals surface area contributed by atoms with Crippen molar-refractivity contribution in [3.63, 3.8) is 0 Å². The number of esters is 1. The van der Waals surface area contributed by atoms with E-state index in [2.05, 4.69) is 4.72 Å². The van der Waals surface area contributed by atoms with Gasteiger partial charge in [-0.1, -0.05) is 31.0 Å². The summed E-state index contributed by atoms with van der Waals surface area (Å²) in [4.78, 5) is 11.8. The van der Waals surface area contributed by atoms with E-state index in [0.29, 0.717) is 12.1 Å². The summed E-state index contributed by atoms with van der Waals surface area (Å²) in [6.07, 6.45) is 3.84. The Morgan fingerprint density at radius 3 is 2.62 bits per heavy atom. The van der Waals surface area contributed by atoms with Crippen LogP contribution in [-0.2, 0) is 20.5 Å². The number of nitrogens with two attached hydrogens (primary N) is 1. The van der Waals surface area contributed by atoms with Crippen molar-refractivity contribution in [3.8, 4) is 0 Å². The van der Waals surface area contributed by atoms with Gasteiger partial charge in [0, 0.05) is 6.04 Å². The molecule has 0 amide bonds. The molecule has 0 radical (unpaired) electrons. The van der Waals surface area contributed by atoms with Crippen LogP contribution in [0.25, 0.3) is 0 Å². The first-order valence-corrected chi connectivity index (χ1v) is 9.48. The number of rotatable bonds is 6. The Labute approximate surface area is 149 Å². The minimum Gasteiger partial charge on any atom is -0.465 e. The van der Waals surface area contributed by atoms with Crippen LogP contribution in [0.2, 0.25) is 0 Å². The molecule has 2 unspecified atom stereocenters. The predicted octanol–water partition coefficient (Wildman–Crippen LogP) is 1.83. The number of ether oxygens (including phenoxy) is 1. The molecule has 8 heteroatoms. The van der Waals surface area contributed by atoms with Crippen LogP contribution >= 0.6 is 12.4 Å². The third-order valence-electron chi connectivity index (χ3n) is 4.31. The van der Waals surface area contributed by atoms with Crippen LogP contribution in [-0.4, -0.2) is 34.1 Å². The molecule has 1 aromatic rings. The lowest BCUT2D eigenvalue weighted by Crippen LogP contribution is -2.45. The summed E-state index contributed by atoms with van der Waals surface area (Å²) in [5, 5.41) is 0. The molecular weight excluding hydrogens is 352 g/mol. The Bertz CT molecular complexity index is 651. The molecule has 1 saturated carbocycles. The molecule has 3 N–H and O–H groups in total. The highest BCUT2D eigenvalue weighted by Crippen LogP contribution is 2.24. The van der Waals surface area contributed by atoms with Crippen LogP contribution in [0.4, 0.5) is 0 Å². The summed E-state index contributed by atoms with van der Waals surface area (Å²) in [5.41, 5.74) is 6.47. The van der Waals surface area contributed by atoms with Gasteiger partial charge < -0.3 is 10.5 Å². The maximum atomic E-state index is 12.5. The fourth-order valence-electron chi connectivity index (χ4n) is 3.08. The SMILES string of the molecule is COC(=O)c1ccccc1CS(=O)(=O)NC1CCCCC1CN.Cl. The van der Waals surface area contributed by atoms with E-state index in [9.17, 15) is 13.2 Å². The number of halogens is 1. The number of nitrogens with one attached hydrogen (secondary N) is 1. The lowest BCUT2D eigenvalue weighted by atomic mass is 9.85. The van der Waals surface area contributed by atoms with Crippen LogP contribution in [0.15, 0.2) is 24.3 Å². The van der Waals surface area contributed by atoms with E-state index in [-0.39, 0.29) is 35.7 Å². The molecule has 6 nitrogen and oxygen atoms in total. The van der Waals surface area contributed by atoms with Gasteiger partial charge in [-0.05, 0) is 36.9 Å². The topological polar surface area (TPSA) is 98.5 Å². The van der Waals surface area contributed by atoms with Gasteiger partial charge in [0.05, 0.1) is 18.4 Å². The average molecular weight is 377 g/mol. The largest absolute Gasteiger partial charge is 0.465 e. The number of methoxy groups -OCH3 is 1. The van der Waals surface area contributed by atoms with Gasteiger partial charge in [0.1, 0.15) is 0 Å². The van der Waals surface area contributed by atoms with Gasteiger partial charge in [0.2, 0.25) is 10.0 Å². The molecule has 24 heavy (non-hydrogen) atoms. The Kier molecular flexibility index (Phi) is 8.15. The summed E-state index contributed by atoms with van der Waals surface area (Å²) in [6, 6.07) is 6.47. The minimum absolute atomic E-state index is 0. The number of carbonyl (C=O) groups is 1. The molecule has 1 aliphatic carbocycles. The van der Waals surface area contributed by atoms with Crippen LogP contribution in [0.3, 0.4) is 0 Å². The van der Waals surface area contributed by atoms with Crippen molar-refractivity contribution in [1.82, 2.24) is 4.72 Å². The van der Waals surface area contributed by atoms with E-state index in [0.717, 1.165) is 25.7 Å². The lowest BCUT2D eigenvalue weighted by molar-refractivity contribution is 0.0600. The molecule has 0 spiro atoms. The second kappa shape index (κ2) is 9.36. The molecule has 1 fully saturated rings. The van der Waals surface area contributed by atoms with Crippen molar-refractivity contribution in [3.05, 3.63) is 35.4 Å². The van der Waals surface area contributed by atoms with Crippen molar-refractivity contribution in [2.45, 2.75) is 37.5 Å². The second-order valence-electron chi connectivity index (χ2n) is 5.91. The molecule has 0 bridgehead atoms. The third kappa shape index (κ3) is 5.44. The summed E-state index contributed by atoms with van der Waals surface area (Å²) < 4.78 is 32.5. The normalized spacial score (nSPS) is 20.9. The van der Waals surface area contributed by atoms with Crippen LogP contribution < -0.4 is 10.5 Å². The highest BCUT2D eigenvalue weighted by atomic mass is 35.5. The zero-order valence-corrected chi connectivity index (χ0v) is 15.4. The van der Waals surface area contributed by atoms with Crippen molar-refractivity contribution >= 4 is 28.4 Å². The van der Waals surface area contributed by atoms with E-state index < -0.39 is 16.0 Å². The van der Waals surface area contributed by atoms with Gasteiger partial charge >= 0.3 is 5.97 Å². The van der Waals surface area contributed by atoms with Crippen LogP contribution in [0.5, 0.6) is 0 Å². The fourth-order valence-corrected chi connectivity index (χ4v) is 4.59. The molecule has 0 aliphatic heterocycles. The smallest absolute Gasteiger partial charge is 0.338 e. The Hall–Kier alpha value is -1.15. The first-order valence-electron chi connectivity index (χ1n) is 7.83. The van der Waals surface area contributed by atoms with Crippen LogP contribution in [0, 0.1) is 5.92 Å². The average Bonchev–Trinajstić information content (AvgIpc) is 2.54. The number of sulfonamides is 1. The van der Waals surface area contributed by atoms with Gasteiger partial charge in [-0.3, -0.25) is 0 Å². The molecule has 2 atom stereocenters. The zero-order chi connectivity index (χ0) is 16.9. The molecule has 0 aromatic heterocycles. The summed E-state index contributed by atoms with van der Waals surface area (Å²) in [7, 11) is -2.28. The quantitative estimate of drug-likeness (QED) is 0.738. The maximum Gasteiger partial charge on any atom is 0.338 e. The first kappa shape index (κ1) is 20.9. The zero-order valence-electron chi connectivity index (χ0n) is 13.7. The van der Waals surface area contributed by atoms with Gasteiger partial charge in [-0.25, -0.2) is 17.9 Å². The molecule has 0 saturated heterocycles. The van der Waals surface area contributed by atoms with Gasteiger partial charge in [0.25, 0.3) is 0 Å². The van der Waals surface area contributed by atoms with Crippen LogP contribution in [0.1, 0.15) is 41.6 Å². The molecule has 0 heterocycles. The van der Waals surface area contributed by atoms with Gasteiger partial charge in [0.15, 0.2) is 0 Å². The Morgan fingerprint density at radius 2 is 1.96 bits per heavy atom. The monoisotopic (exact) mass is 376 g/mol.